The molecule has 8 nitrogen and oxygen atoms in total. The Morgan fingerprint density at radius 1 is 0.935 bits per heavy atom. The first kappa shape index (κ1) is 20.9. The molecule has 0 bridgehead atoms. The molecule has 1 aliphatic heterocycles. The van der Waals surface area contributed by atoms with Gasteiger partial charge in [-0.15, -0.1) is 0 Å². The molecule has 0 amide bonds. The fourth-order valence-electron chi connectivity index (χ4n) is 3.90. The van der Waals surface area contributed by atoms with Crippen LogP contribution in [0.25, 0.3) is 0 Å². The molecule has 8 heteroatoms. The Hall–Kier alpha value is -3.39. The first-order valence-corrected chi connectivity index (χ1v) is 10.5. The number of ether oxygens (including phenoxy) is 1. The number of nitrogens with two attached hydrogens (primary N) is 1. The van der Waals surface area contributed by atoms with Crippen LogP contribution >= 0.6 is 0 Å². The van der Waals surface area contributed by atoms with Crippen LogP contribution in [0.3, 0.4) is 0 Å². The van der Waals surface area contributed by atoms with Crippen LogP contribution in [0.4, 0.5) is 23.3 Å². The molecule has 0 atom stereocenters. The Morgan fingerprint density at radius 3 is 2.26 bits per heavy atom. The highest BCUT2D eigenvalue weighted by Gasteiger charge is 2.19. The molecule has 0 unspecified atom stereocenters. The van der Waals surface area contributed by atoms with Crippen molar-refractivity contribution in [1.29, 1.82) is 0 Å². The molecule has 0 spiro atoms. The summed E-state index contributed by atoms with van der Waals surface area (Å²) in [4.78, 5) is 17.9. The largest absolute Gasteiger partial charge is 0.497 e. The predicted molar refractivity (Wildman–Crippen MR) is 124 cm³/mol. The highest BCUT2D eigenvalue weighted by molar-refractivity contribution is 5.56. The van der Waals surface area contributed by atoms with Crippen LogP contribution < -0.4 is 20.7 Å². The predicted octanol–water partition coefficient (Wildman–Crippen LogP) is 3.15. The summed E-state index contributed by atoms with van der Waals surface area (Å²) in [5.74, 6) is 2.26. The van der Waals surface area contributed by atoms with Gasteiger partial charge in [0.25, 0.3) is 0 Å². The van der Waals surface area contributed by atoms with Gasteiger partial charge in [0, 0.05) is 37.6 Å². The molecule has 0 aliphatic carbocycles. The quantitative estimate of drug-likeness (QED) is 0.630. The van der Waals surface area contributed by atoms with Gasteiger partial charge in [0.2, 0.25) is 11.9 Å². The molecule has 4 rings (SSSR count). The van der Waals surface area contributed by atoms with E-state index in [4.69, 9.17) is 10.5 Å². The van der Waals surface area contributed by atoms with Crippen molar-refractivity contribution >= 4 is 23.3 Å². The molecule has 3 N–H and O–H groups in total. The molecule has 3 aromatic rings. The van der Waals surface area contributed by atoms with Gasteiger partial charge in [0.15, 0.2) is 0 Å². The lowest BCUT2D eigenvalue weighted by molar-refractivity contribution is 0.244. The number of aryl methyl sites for hydroxylation is 2. The van der Waals surface area contributed by atoms with Gasteiger partial charge < -0.3 is 20.7 Å². The Morgan fingerprint density at radius 2 is 1.61 bits per heavy atom. The molecule has 2 heterocycles. The number of nitrogens with zero attached hydrogens (tertiary/aromatic N) is 5. The zero-order chi connectivity index (χ0) is 21.8. The van der Waals surface area contributed by atoms with Crippen LogP contribution in [0.2, 0.25) is 0 Å². The van der Waals surface area contributed by atoms with Gasteiger partial charge in [-0.1, -0.05) is 6.07 Å². The number of hydrogen-bond donors (Lipinski definition) is 2. The van der Waals surface area contributed by atoms with Crippen LogP contribution in [0, 0.1) is 13.8 Å². The second-order valence-corrected chi connectivity index (χ2v) is 7.90. The summed E-state index contributed by atoms with van der Waals surface area (Å²) >= 11 is 0. The molecular formula is C23H29N7O. The van der Waals surface area contributed by atoms with Gasteiger partial charge in [-0.2, -0.15) is 15.0 Å². The molecule has 1 fully saturated rings. The maximum absolute atomic E-state index is 5.96. The van der Waals surface area contributed by atoms with E-state index in [-0.39, 0.29) is 5.95 Å². The minimum Gasteiger partial charge on any atom is -0.497 e. The zero-order valence-corrected chi connectivity index (χ0v) is 18.3. The standard InChI is InChI=1S/C23H29N7O/c1-16-12-17(2)14-18(13-16)25-23-27-21(26-22(24)28-23)15-29-8-10-30(11-9-29)19-4-6-20(31-3)7-5-19/h4-7,12-14H,8-11,15H2,1-3H3,(H3,24,25,26,27,28). The number of rotatable bonds is 6. The lowest BCUT2D eigenvalue weighted by Crippen LogP contribution is -2.46. The van der Waals surface area contributed by atoms with Gasteiger partial charge in [-0.05, 0) is 61.4 Å². The van der Waals surface area contributed by atoms with Crippen molar-refractivity contribution in [2.75, 3.05) is 49.2 Å². The molecule has 1 aliphatic rings. The molecule has 1 aromatic heterocycles. The van der Waals surface area contributed by atoms with Crippen LogP contribution in [0.1, 0.15) is 17.0 Å². The summed E-state index contributed by atoms with van der Waals surface area (Å²) in [5.41, 5.74) is 10.5. The second kappa shape index (κ2) is 9.18. The number of anilines is 4. The fraction of sp³-hybridized carbons (Fsp3) is 0.348. The van der Waals surface area contributed by atoms with Crippen molar-refractivity contribution in [3.05, 3.63) is 59.4 Å². The van der Waals surface area contributed by atoms with Crippen molar-refractivity contribution in [3.8, 4) is 5.75 Å². The van der Waals surface area contributed by atoms with E-state index in [2.05, 4.69) is 74.2 Å². The summed E-state index contributed by atoms with van der Waals surface area (Å²) < 4.78 is 5.25. The van der Waals surface area contributed by atoms with Crippen molar-refractivity contribution < 1.29 is 4.74 Å². The van der Waals surface area contributed by atoms with Crippen LogP contribution in [0.5, 0.6) is 5.75 Å². The summed E-state index contributed by atoms with van der Waals surface area (Å²) in [6.07, 6.45) is 0. The lowest BCUT2D eigenvalue weighted by atomic mass is 10.1. The minimum absolute atomic E-state index is 0.230. The van der Waals surface area contributed by atoms with Crippen molar-refractivity contribution in [2.45, 2.75) is 20.4 Å². The normalized spacial score (nSPS) is 14.5. The molecule has 0 saturated carbocycles. The molecule has 31 heavy (non-hydrogen) atoms. The van der Waals surface area contributed by atoms with Gasteiger partial charge in [-0.3, -0.25) is 4.90 Å². The highest BCUT2D eigenvalue weighted by Crippen LogP contribution is 2.21. The molecular weight excluding hydrogens is 390 g/mol. The van der Waals surface area contributed by atoms with E-state index in [1.165, 1.54) is 16.8 Å². The van der Waals surface area contributed by atoms with Gasteiger partial charge in [0.05, 0.1) is 13.7 Å². The minimum atomic E-state index is 0.230. The van der Waals surface area contributed by atoms with Crippen molar-refractivity contribution in [2.24, 2.45) is 0 Å². The Bertz CT molecular complexity index is 1010. The third-order valence-electron chi connectivity index (χ3n) is 5.35. The van der Waals surface area contributed by atoms with Crippen molar-refractivity contribution in [1.82, 2.24) is 19.9 Å². The maximum atomic E-state index is 5.96. The second-order valence-electron chi connectivity index (χ2n) is 7.90. The number of methoxy groups -OCH3 is 1. The SMILES string of the molecule is COc1ccc(N2CCN(Cc3nc(N)nc(Nc4cc(C)cc(C)c4)n3)CC2)cc1. The van der Waals surface area contributed by atoms with E-state index < -0.39 is 0 Å². The highest BCUT2D eigenvalue weighted by atomic mass is 16.5. The lowest BCUT2D eigenvalue weighted by Gasteiger charge is -2.35. The zero-order valence-electron chi connectivity index (χ0n) is 18.3. The fourth-order valence-corrected chi connectivity index (χ4v) is 3.90. The summed E-state index contributed by atoms with van der Waals surface area (Å²) in [6.45, 7) is 8.52. The van der Waals surface area contributed by atoms with E-state index in [1.54, 1.807) is 7.11 Å². The first-order chi connectivity index (χ1) is 15.0. The van der Waals surface area contributed by atoms with Gasteiger partial charge >= 0.3 is 0 Å². The first-order valence-electron chi connectivity index (χ1n) is 10.5. The average Bonchev–Trinajstić information content (AvgIpc) is 2.73. The Kier molecular flexibility index (Phi) is 6.18. The third-order valence-corrected chi connectivity index (χ3v) is 5.35. The molecule has 0 radical (unpaired) electrons. The average molecular weight is 420 g/mol. The molecule has 2 aromatic carbocycles. The monoisotopic (exact) mass is 419 g/mol. The number of nitrogens with one attached hydrogen (secondary N) is 1. The molecule has 162 valence electrons. The van der Waals surface area contributed by atoms with E-state index >= 15 is 0 Å². The van der Waals surface area contributed by atoms with E-state index in [1.807, 2.05) is 12.1 Å². The number of nitrogen functional groups attached to an aromatic ring is 1. The maximum Gasteiger partial charge on any atom is 0.232 e. The van der Waals surface area contributed by atoms with E-state index in [0.717, 1.165) is 37.6 Å². The van der Waals surface area contributed by atoms with E-state index in [0.29, 0.717) is 18.3 Å². The van der Waals surface area contributed by atoms with Crippen LogP contribution in [-0.4, -0.2) is 53.1 Å². The summed E-state index contributed by atoms with van der Waals surface area (Å²) in [7, 11) is 1.69. The number of piperazine rings is 1. The summed E-state index contributed by atoms with van der Waals surface area (Å²) in [6, 6.07) is 14.5. The Balaban J connectivity index is 1.38. The number of hydrogen-bond acceptors (Lipinski definition) is 8. The number of benzene rings is 2. The molecule has 1 saturated heterocycles. The van der Waals surface area contributed by atoms with Gasteiger partial charge in [0.1, 0.15) is 11.6 Å². The summed E-state index contributed by atoms with van der Waals surface area (Å²) in [5, 5.41) is 3.26. The third kappa shape index (κ3) is 5.40. The van der Waals surface area contributed by atoms with E-state index in [9.17, 15) is 0 Å². The Labute approximate surface area is 183 Å². The van der Waals surface area contributed by atoms with Gasteiger partial charge in [-0.25, -0.2) is 0 Å². The van der Waals surface area contributed by atoms with Crippen molar-refractivity contribution in [3.63, 3.8) is 0 Å². The topological polar surface area (TPSA) is 92.4 Å². The van der Waals surface area contributed by atoms with Crippen LogP contribution in [0.15, 0.2) is 42.5 Å². The van der Waals surface area contributed by atoms with Crippen LogP contribution in [-0.2, 0) is 6.54 Å². The number of aromatic nitrogens is 3. The smallest absolute Gasteiger partial charge is 0.232 e.